The first-order chi connectivity index (χ1) is 14.8. The van der Waals surface area contributed by atoms with Gasteiger partial charge >= 0.3 is 6.03 Å². The van der Waals surface area contributed by atoms with Crippen molar-refractivity contribution >= 4 is 32.9 Å². The topological polar surface area (TPSA) is 132 Å². The molecule has 12 heteroatoms. The number of carbonyl (C=O) groups is 1. The lowest BCUT2D eigenvalue weighted by Crippen LogP contribution is -2.34. The summed E-state index contributed by atoms with van der Waals surface area (Å²) in [6.07, 6.45) is 3.26. The Bertz CT molecular complexity index is 1150. The first-order valence-electron chi connectivity index (χ1n) is 9.14. The van der Waals surface area contributed by atoms with Crippen LogP contribution in [-0.2, 0) is 10.0 Å². The van der Waals surface area contributed by atoms with Crippen LogP contribution in [0.3, 0.4) is 0 Å². The number of fused-ring (bicyclic) bond motifs is 1. The van der Waals surface area contributed by atoms with Crippen LogP contribution >= 0.6 is 0 Å². The van der Waals surface area contributed by atoms with Crippen molar-refractivity contribution in [2.45, 2.75) is 0 Å². The average molecular weight is 449 g/mol. The number of pyridine rings is 1. The first-order valence-corrected chi connectivity index (χ1v) is 10.8. The third-order valence-corrected chi connectivity index (χ3v) is 5.54. The van der Waals surface area contributed by atoms with Gasteiger partial charge in [0, 0.05) is 31.1 Å². The van der Waals surface area contributed by atoms with Crippen molar-refractivity contribution in [3.63, 3.8) is 0 Å². The molecule has 0 saturated heterocycles. The molecule has 0 radical (unpaired) electrons. The monoisotopic (exact) mass is 449 g/mol. The molecule has 0 atom stereocenters. The van der Waals surface area contributed by atoms with E-state index in [9.17, 15) is 13.2 Å². The number of amides is 2. The maximum absolute atomic E-state index is 12.3. The van der Waals surface area contributed by atoms with E-state index in [0.29, 0.717) is 28.6 Å². The zero-order valence-electron chi connectivity index (χ0n) is 17.2. The molecule has 1 aromatic carbocycles. The van der Waals surface area contributed by atoms with E-state index in [2.05, 4.69) is 20.5 Å². The Kier molecular flexibility index (Phi) is 6.70. The third kappa shape index (κ3) is 5.48. The second-order valence-electron chi connectivity index (χ2n) is 6.33. The van der Waals surface area contributed by atoms with Gasteiger partial charge in [0.05, 0.1) is 44.0 Å². The highest BCUT2D eigenvalue weighted by atomic mass is 32.2. The number of rotatable bonds is 9. The lowest BCUT2D eigenvalue weighted by Gasteiger charge is -2.15. The SMILES string of the molecule is COc1cc(NC(=O)NCCS(=O)(=O)Nc2ccn3nccc3c2)cc(OC)c1OC. The molecule has 11 nitrogen and oxygen atoms in total. The summed E-state index contributed by atoms with van der Waals surface area (Å²) in [5.74, 6) is 0.834. The summed E-state index contributed by atoms with van der Waals surface area (Å²) in [4.78, 5) is 12.2. The molecule has 3 aromatic rings. The molecular formula is C19H23N5O6S. The van der Waals surface area contributed by atoms with Crippen LogP contribution in [0.1, 0.15) is 0 Å². The largest absolute Gasteiger partial charge is 0.493 e. The average Bonchev–Trinajstić information content (AvgIpc) is 3.20. The number of ether oxygens (including phenoxy) is 3. The van der Waals surface area contributed by atoms with E-state index in [1.807, 2.05) is 0 Å². The van der Waals surface area contributed by atoms with Crippen LogP contribution in [0, 0.1) is 0 Å². The van der Waals surface area contributed by atoms with Gasteiger partial charge in [0.1, 0.15) is 0 Å². The molecule has 0 fully saturated rings. The molecule has 166 valence electrons. The van der Waals surface area contributed by atoms with Crippen molar-refractivity contribution in [1.82, 2.24) is 14.9 Å². The van der Waals surface area contributed by atoms with Crippen LogP contribution in [0.25, 0.3) is 5.52 Å². The maximum atomic E-state index is 12.3. The summed E-state index contributed by atoms with van der Waals surface area (Å²) in [7, 11) is 0.735. The predicted octanol–water partition coefficient (Wildman–Crippen LogP) is 1.92. The summed E-state index contributed by atoms with van der Waals surface area (Å²) in [5, 5.41) is 9.16. The summed E-state index contributed by atoms with van der Waals surface area (Å²) in [6.45, 7) is -0.0967. The van der Waals surface area contributed by atoms with Crippen LogP contribution in [0.4, 0.5) is 16.2 Å². The molecule has 0 aliphatic heterocycles. The van der Waals surface area contributed by atoms with E-state index < -0.39 is 16.1 Å². The number of carbonyl (C=O) groups excluding carboxylic acids is 1. The summed E-state index contributed by atoms with van der Waals surface area (Å²) < 4.78 is 44.4. The van der Waals surface area contributed by atoms with E-state index in [1.54, 1.807) is 47.2 Å². The van der Waals surface area contributed by atoms with E-state index in [0.717, 1.165) is 5.52 Å². The molecule has 2 amide bonds. The molecule has 3 N–H and O–H groups in total. The Morgan fingerprint density at radius 3 is 2.39 bits per heavy atom. The standard InChI is InChI=1S/C19H23N5O6S/c1-28-16-11-14(12-17(29-2)18(16)30-3)22-19(25)20-7-9-31(26,27)23-13-5-8-24-15(10-13)4-6-21-24/h4-6,8,10-12,23H,7,9H2,1-3H3,(H2,20,22,25). The molecule has 2 heterocycles. The van der Waals surface area contributed by atoms with Gasteiger partial charge < -0.3 is 24.8 Å². The van der Waals surface area contributed by atoms with Crippen molar-refractivity contribution in [3.05, 3.63) is 42.7 Å². The molecule has 31 heavy (non-hydrogen) atoms. The Morgan fingerprint density at radius 2 is 1.74 bits per heavy atom. The fourth-order valence-corrected chi connectivity index (χ4v) is 3.80. The van der Waals surface area contributed by atoms with Gasteiger partial charge in [-0.1, -0.05) is 0 Å². The second-order valence-corrected chi connectivity index (χ2v) is 8.17. The van der Waals surface area contributed by atoms with E-state index in [-0.39, 0.29) is 12.3 Å². The lowest BCUT2D eigenvalue weighted by atomic mass is 10.2. The highest BCUT2D eigenvalue weighted by Gasteiger charge is 2.15. The highest BCUT2D eigenvalue weighted by molar-refractivity contribution is 7.92. The fourth-order valence-electron chi connectivity index (χ4n) is 2.84. The van der Waals surface area contributed by atoms with E-state index in [1.165, 1.54) is 21.3 Å². The Balaban J connectivity index is 1.55. The number of anilines is 2. The number of benzene rings is 1. The molecule has 0 unspecified atom stereocenters. The van der Waals surface area contributed by atoms with Crippen LogP contribution in [0.15, 0.2) is 42.7 Å². The van der Waals surface area contributed by atoms with Crippen molar-refractivity contribution in [2.75, 3.05) is 43.7 Å². The Labute approximate surface area is 179 Å². The molecule has 0 bridgehead atoms. The third-order valence-electron chi connectivity index (χ3n) is 4.25. The fraction of sp³-hybridized carbons (Fsp3) is 0.263. The second kappa shape index (κ2) is 9.43. The van der Waals surface area contributed by atoms with Gasteiger partial charge in [-0.25, -0.2) is 17.7 Å². The maximum Gasteiger partial charge on any atom is 0.319 e. The van der Waals surface area contributed by atoms with Gasteiger partial charge in [-0.15, -0.1) is 0 Å². The van der Waals surface area contributed by atoms with Gasteiger partial charge in [-0.05, 0) is 18.2 Å². The number of nitrogens with one attached hydrogen (secondary N) is 3. The Morgan fingerprint density at radius 1 is 1.03 bits per heavy atom. The number of hydrogen-bond acceptors (Lipinski definition) is 7. The number of hydrogen-bond donors (Lipinski definition) is 3. The number of aromatic nitrogens is 2. The van der Waals surface area contributed by atoms with Crippen molar-refractivity contribution in [2.24, 2.45) is 0 Å². The molecule has 0 saturated carbocycles. The predicted molar refractivity (Wildman–Crippen MR) is 116 cm³/mol. The van der Waals surface area contributed by atoms with Crippen molar-refractivity contribution in [1.29, 1.82) is 0 Å². The summed E-state index contributed by atoms with van der Waals surface area (Å²) in [5.41, 5.74) is 1.56. The molecular weight excluding hydrogens is 426 g/mol. The van der Waals surface area contributed by atoms with Gasteiger partial charge in [0.25, 0.3) is 0 Å². The minimum absolute atomic E-state index is 0.0967. The Hall–Kier alpha value is -3.67. The van der Waals surface area contributed by atoms with Crippen LogP contribution in [-0.4, -0.2) is 57.7 Å². The van der Waals surface area contributed by atoms with E-state index >= 15 is 0 Å². The van der Waals surface area contributed by atoms with Crippen LogP contribution < -0.4 is 29.6 Å². The van der Waals surface area contributed by atoms with Crippen molar-refractivity contribution < 1.29 is 27.4 Å². The summed E-state index contributed by atoms with van der Waals surface area (Å²) in [6, 6.07) is 7.56. The zero-order chi connectivity index (χ0) is 22.4. The number of nitrogens with zero attached hydrogens (tertiary/aromatic N) is 2. The van der Waals surface area contributed by atoms with Gasteiger partial charge in [-0.2, -0.15) is 5.10 Å². The molecule has 0 spiro atoms. The zero-order valence-corrected chi connectivity index (χ0v) is 18.0. The van der Waals surface area contributed by atoms with Crippen molar-refractivity contribution in [3.8, 4) is 17.2 Å². The lowest BCUT2D eigenvalue weighted by molar-refractivity contribution is 0.252. The van der Waals surface area contributed by atoms with Crippen LogP contribution in [0.5, 0.6) is 17.2 Å². The van der Waals surface area contributed by atoms with Crippen LogP contribution in [0.2, 0.25) is 0 Å². The number of urea groups is 1. The normalized spacial score (nSPS) is 11.1. The minimum atomic E-state index is -3.66. The van der Waals surface area contributed by atoms with Gasteiger partial charge in [-0.3, -0.25) is 4.72 Å². The van der Waals surface area contributed by atoms with Gasteiger partial charge in [0.15, 0.2) is 11.5 Å². The molecule has 2 aromatic heterocycles. The molecule has 0 aliphatic rings. The number of sulfonamides is 1. The van der Waals surface area contributed by atoms with E-state index in [4.69, 9.17) is 14.2 Å². The number of methoxy groups -OCH3 is 3. The molecule has 0 aliphatic carbocycles. The molecule has 3 rings (SSSR count). The quantitative estimate of drug-likeness (QED) is 0.455. The van der Waals surface area contributed by atoms with Gasteiger partial charge in [0.2, 0.25) is 15.8 Å². The first kappa shape index (κ1) is 22.0. The highest BCUT2D eigenvalue weighted by Crippen LogP contribution is 2.39. The smallest absolute Gasteiger partial charge is 0.319 e. The summed E-state index contributed by atoms with van der Waals surface area (Å²) >= 11 is 0. The minimum Gasteiger partial charge on any atom is -0.493 e.